The van der Waals surface area contributed by atoms with Crippen molar-refractivity contribution in [3.63, 3.8) is 0 Å². The Labute approximate surface area is 143 Å². The molecule has 1 saturated heterocycles. The molecule has 0 bridgehead atoms. The van der Waals surface area contributed by atoms with Crippen LogP contribution < -0.4 is 5.73 Å². The minimum absolute atomic E-state index is 0.238. The maximum Gasteiger partial charge on any atom is 0.451 e. The van der Waals surface area contributed by atoms with Crippen LogP contribution in [0.1, 0.15) is 31.2 Å². The summed E-state index contributed by atoms with van der Waals surface area (Å²) in [6.45, 7) is 3.22. The van der Waals surface area contributed by atoms with Gasteiger partial charge < -0.3 is 15.8 Å². The molecular formula is C17H27BN2O4. The summed E-state index contributed by atoms with van der Waals surface area (Å²) in [5.41, 5.74) is 7.66. The van der Waals surface area contributed by atoms with Gasteiger partial charge in [-0.25, -0.2) is 0 Å². The van der Waals surface area contributed by atoms with Gasteiger partial charge in [0.1, 0.15) is 0 Å². The summed E-state index contributed by atoms with van der Waals surface area (Å²) < 4.78 is 0. The summed E-state index contributed by atoms with van der Waals surface area (Å²) >= 11 is 0. The van der Waals surface area contributed by atoms with Crippen molar-refractivity contribution >= 4 is 13.3 Å². The van der Waals surface area contributed by atoms with E-state index in [1.165, 1.54) is 12.0 Å². The molecule has 0 spiro atoms. The van der Waals surface area contributed by atoms with Gasteiger partial charge in [0.2, 0.25) is 0 Å². The SMILES string of the molecule is NC(CCCCB(O)O)[C@H]1CCN(Cc2ccccc2)C1.O=C=O. The Balaban J connectivity index is 0.000000891. The lowest BCUT2D eigenvalue weighted by molar-refractivity contribution is -0.191. The molecule has 0 radical (unpaired) electrons. The van der Waals surface area contributed by atoms with Gasteiger partial charge in [-0.1, -0.05) is 43.2 Å². The van der Waals surface area contributed by atoms with Crippen LogP contribution in [0.25, 0.3) is 0 Å². The number of hydrogen-bond acceptors (Lipinski definition) is 6. The van der Waals surface area contributed by atoms with Crippen molar-refractivity contribution in [3.8, 4) is 0 Å². The number of nitrogens with two attached hydrogens (primary N) is 1. The van der Waals surface area contributed by atoms with Crippen molar-refractivity contribution in [2.75, 3.05) is 13.1 Å². The number of likely N-dealkylation sites (tertiary alicyclic amines) is 1. The largest absolute Gasteiger partial charge is 0.451 e. The fourth-order valence-corrected chi connectivity index (χ4v) is 3.14. The van der Waals surface area contributed by atoms with E-state index in [4.69, 9.17) is 25.4 Å². The molecule has 0 saturated carbocycles. The molecule has 1 heterocycles. The van der Waals surface area contributed by atoms with Gasteiger partial charge >= 0.3 is 13.3 Å². The predicted molar refractivity (Wildman–Crippen MR) is 91.7 cm³/mol. The Morgan fingerprint density at radius 1 is 1.25 bits per heavy atom. The van der Waals surface area contributed by atoms with Crippen LogP contribution in [0.4, 0.5) is 0 Å². The van der Waals surface area contributed by atoms with Gasteiger partial charge in [0.25, 0.3) is 0 Å². The van der Waals surface area contributed by atoms with Gasteiger partial charge in [-0.3, -0.25) is 4.90 Å². The van der Waals surface area contributed by atoms with Gasteiger partial charge in [0.05, 0.1) is 0 Å². The average molecular weight is 334 g/mol. The van der Waals surface area contributed by atoms with E-state index < -0.39 is 7.12 Å². The second kappa shape index (κ2) is 12.0. The molecule has 1 aromatic rings. The van der Waals surface area contributed by atoms with Gasteiger partial charge in [-0.2, -0.15) is 9.59 Å². The molecule has 132 valence electrons. The fourth-order valence-electron chi connectivity index (χ4n) is 3.14. The third-order valence-corrected chi connectivity index (χ3v) is 4.41. The molecule has 7 heteroatoms. The van der Waals surface area contributed by atoms with Gasteiger partial charge in [0, 0.05) is 19.1 Å². The van der Waals surface area contributed by atoms with Crippen LogP contribution in [0.2, 0.25) is 6.32 Å². The highest BCUT2D eigenvalue weighted by Gasteiger charge is 2.27. The average Bonchev–Trinajstić information content (AvgIpc) is 3.01. The van der Waals surface area contributed by atoms with Crippen LogP contribution in [0.5, 0.6) is 0 Å². The normalized spacial score (nSPS) is 18.4. The predicted octanol–water partition coefficient (Wildman–Crippen LogP) is 0.895. The van der Waals surface area contributed by atoms with E-state index >= 15 is 0 Å². The quantitative estimate of drug-likeness (QED) is 0.482. The Morgan fingerprint density at radius 2 is 1.92 bits per heavy atom. The third kappa shape index (κ3) is 8.38. The lowest BCUT2D eigenvalue weighted by atomic mass is 9.82. The van der Waals surface area contributed by atoms with E-state index in [-0.39, 0.29) is 12.2 Å². The Morgan fingerprint density at radius 3 is 2.54 bits per heavy atom. The van der Waals surface area contributed by atoms with Crippen molar-refractivity contribution in [1.82, 2.24) is 4.90 Å². The van der Waals surface area contributed by atoms with Gasteiger partial charge in [-0.15, -0.1) is 0 Å². The number of unbranched alkanes of at least 4 members (excludes halogenated alkanes) is 1. The van der Waals surface area contributed by atoms with E-state index in [2.05, 4.69) is 35.2 Å². The molecule has 0 aliphatic carbocycles. The van der Waals surface area contributed by atoms with Crippen molar-refractivity contribution in [2.45, 2.75) is 44.6 Å². The molecule has 2 atom stereocenters. The summed E-state index contributed by atoms with van der Waals surface area (Å²) in [6, 6.07) is 10.8. The molecule has 4 N–H and O–H groups in total. The number of hydrogen-bond donors (Lipinski definition) is 3. The zero-order chi connectivity index (χ0) is 17.8. The lowest BCUT2D eigenvalue weighted by Crippen LogP contribution is -2.32. The first-order valence-electron chi connectivity index (χ1n) is 8.44. The maximum absolute atomic E-state index is 8.82. The zero-order valence-corrected chi connectivity index (χ0v) is 14.0. The highest BCUT2D eigenvalue weighted by Crippen LogP contribution is 2.23. The molecule has 24 heavy (non-hydrogen) atoms. The number of nitrogens with zero attached hydrogens (tertiary/aromatic N) is 1. The van der Waals surface area contributed by atoms with Crippen LogP contribution in [-0.4, -0.2) is 47.3 Å². The maximum atomic E-state index is 8.82. The third-order valence-electron chi connectivity index (χ3n) is 4.41. The smallest absolute Gasteiger partial charge is 0.427 e. The van der Waals surface area contributed by atoms with Crippen LogP contribution >= 0.6 is 0 Å². The Kier molecular flexibility index (Phi) is 10.2. The first kappa shape index (κ1) is 20.5. The molecule has 1 aliphatic rings. The molecule has 2 rings (SSSR count). The summed E-state index contributed by atoms with van der Waals surface area (Å²) in [6.07, 6.45) is 4.69. The van der Waals surface area contributed by atoms with Crippen molar-refractivity contribution in [1.29, 1.82) is 0 Å². The molecular weight excluding hydrogens is 307 g/mol. The molecule has 1 aromatic carbocycles. The monoisotopic (exact) mass is 334 g/mol. The Bertz CT molecular complexity index is 481. The number of carbonyl (C=O) groups excluding carboxylic acids is 2. The minimum Gasteiger partial charge on any atom is -0.427 e. The zero-order valence-electron chi connectivity index (χ0n) is 14.0. The molecule has 1 unspecified atom stereocenters. The first-order chi connectivity index (χ1) is 11.6. The first-order valence-corrected chi connectivity index (χ1v) is 8.44. The molecule has 1 fully saturated rings. The van der Waals surface area contributed by atoms with E-state index in [1.54, 1.807) is 0 Å². The van der Waals surface area contributed by atoms with E-state index in [1.807, 2.05) is 0 Å². The summed E-state index contributed by atoms with van der Waals surface area (Å²) in [7, 11) is -1.17. The van der Waals surface area contributed by atoms with Crippen LogP contribution in [0, 0.1) is 5.92 Å². The van der Waals surface area contributed by atoms with Gasteiger partial charge in [0.15, 0.2) is 0 Å². The lowest BCUT2D eigenvalue weighted by Gasteiger charge is -2.20. The van der Waals surface area contributed by atoms with E-state index in [9.17, 15) is 0 Å². The van der Waals surface area contributed by atoms with Crippen LogP contribution in [0.15, 0.2) is 30.3 Å². The van der Waals surface area contributed by atoms with Crippen LogP contribution in [-0.2, 0) is 16.1 Å². The number of rotatable bonds is 8. The highest BCUT2D eigenvalue weighted by atomic mass is 16.4. The Hall–Kier alpha value is -1.50. The summed E-state index contributed by atoms with van der Waals surface area (Å²) in [5.74, 6) is 0.577. The van der Waals surface area contributed by atoms with Crippen molar-refractivity contribution in [3.05, 3.63) is 35.9 Å². The topological polar surface area (TPSA) is 104 Å². The van der Waals surface area contributed by atoms with Gasteiger partial charge in [-0.05, 0) is 37.2 Å². The minimum atomic E-state index is -1.17. The second-order valence-corrected chi connectivity index (χ2v) is 6.28. The van der Waals surface area contributed by atoms with E-state index in [0.717, 1.165) is 38.9 Å². The fraction of sp³-hybridized carbons (Fsp3) is 0.588. The molecule has 0 amide bonds. The standard InChI is InChI=1S/C16H27BN2O2.CO2/c18-16(8-4-5-10-17(20)21)15-9-11-19(13-15)12-14-6-2-1-3-7-14;2-1-3/h1-3,6-7,15-16,20-21H,4-5,8-13,18H2;/t15-,16?;/m0./s1. The number of benzene rings is 1. The second-order valence-electron chi connectivity index (χ2n) is 6.28. The van der Waals surface area contributed by atoms with Crippen molar-refractivity contribution in [2.24, 2.45) is 11.7 Å². The summed E-state index contributed by atoms with van der Waals surface area (Å²) in [4.78, 5) is 18.7. The summed E-state index contributed by atoms with van der Waals surface area (Å²) in [5, 5.41) is 17.6. The highest BCUT2D eigenvalue weighted by molar-refractivity contribution is 6.40. The van der Waals surface area contributed by atoms with Crippen LogP contribution in [0.3, 0.4) is 0 Å². The molecule has 1 aliphatic heterocycles. The molecule has 0 aromatic heterocycles. The molecule has 6 nitrogen and oxygen atoms in total. The van der Waals surface area contributed by atoms with Crippen molar-refractivity contribution < 1.29 is 19.6 Å². The van der Waals surface area contributed by atoms with E-state index in [0.29, 0.717) is 12.2 Å².